The number of allylic oxidation sites excluding steroid dienone is 1. The minimum Gasteiger partial charge on any atom is -0.394 e. The van der Waals surface area contributed by atoms with Crippen molar-refractivity contribution in [2.75, 3.05) is 13.2 Å². The van der Waals surface area contributed by atoms with Crippen LogP contribution in [0.3, 0.4) is 0 Å². The number of hydrogen-bond donors (Lipinski definition) is 7. The number of aliphatic hydroxyl groups excluding tert-OH is 6. The molecule has 0 radical (unpaired) electrons. The SMILES string of the molecule is C/C(=C/CC[C@](C)(O)[C@H]1CC[C@]2(C)[C@@H]1[C@H](O)C[C@@H]1[C@@]3(C)CC[C@H](O[C@@H]4O[C@H](CO)[C@@H](O)[C@H](O)[C@H]4O)C(C)(C)[C@@H]3CC[C@]12C)CO. The van der Waals surface area contributed by atoms with E-state index in [1.807, 2.05) is 19.9 Å². The van der Waals surface area contributed by atoms with E-state index in [0.29, 0.717) is 31.1 Å². The van der Waals surface area contributed by atoms with Crippen LogP contribution < -0.4 is 0 Å². The van der Waals surface area contributed by atoms with Crippen molar-refractivity contribution in [3.05, 3.63) is 11.6 Å². The van der Waals surface area contributed by atoms with Gasteiger partial charge in [-0.3, -0.25) is 0 Å². The van der Waals surface area contributed by atoms with E-state index in [0.717, 1.165) is 44.1 Å². The zero-order chi connectivity index (χ0) is 33.3. The second-order valence-electron chi connectivity index (χ2n) is 17.2. The summed E-state index contributed by atoms with van der Waals surface area (Å²) in [6, 6.07) is 0. The van der Waals surface area contributed by atoms with Gasteiger partial charge in [-0.15, -0.1) is 0 Å². The van der Waals surface area contributed by atoms with Crippen LogP contribution >= 0.6 is 0 Å². The zero-order valence-electron chi connectivity index (χ0n) is 28.7. The summed E-state index contributed by atoms with van der Waals surface area (Å²) in [5.74, 6) is 0.630. The molecule has 0 spiro atoms. The van der Waals surface area contributed by atoms with Crippen LogP contribution in [0.1, 0.15) is 106 Å². The number of hydrogen-bond acceptors (Lipinski definition) is 9. The van der Waals surface area contributed by atoms with Gasteiger partial charge in [0.25, 0.3) is 0 Å². The Morgan fingerprint density at radius 2 is 1.56 bits per heavy atom. The molecule has 0 aromatic heterocycles. The third-order valence-electron chi connectivity index (χ3n) is 14.7. The molecule has 0 bridgehead atoms. The van der Waals surface area contributed by atoms with Gasteiger partial charge in [-0.2, -0.15) is 0 Å². The Balaban J connectivity index is 1.36. The minimum absolute atomic E-state index is 0.00139. The first-order valence-corrected chi connectivity index (χ1v) is 17.5. The summed E-state index contributed by atoms with van der Waals surface area (Å²) < 4.78 is 12.2. The summed E-state index contributed by atoms with van der Waals surface area (Å²) >= 11 is 0. The predicted molar refractivity (Wildman–Crippen MR) is 170 cm³/mol. The smallest absolute Gasteiger partial charge is 0.186 e. The van der Waals surface area contributed by atoms with Crippen molar-refractivity contribution in [2.24, 2.45) is 45.3 Å². The highest BCUT2D eigenvalue weighted by atomic mass is 16.7. The molecule has 4 aliphatic carbocycles. The molecule has 45 heavy (non-hydrogen) atoms. The van der Waals surface area contributed by atoms with Crippen molar-refractivity contribution >= 4 is 0 Å². The minimum atomic E-state index is -1.47. The normalized spacial score (nSPS) is 51.2. The maximum absolute atomic E-state index is 12.0. The van der Waals surface area contributed by atoms with E-state index >= 15 is 0 Å². The molecule has 15 atom stereocenters. The number of rotatable bonds is 8. The van der Waals surface area contributed by atoms with Crippen molar-refractivity contribution < 1.29 is 45.2 Å². The summed E-state index contributed by atoms with van der Waals surface area (Å²) in [5.41, 5.74) is -0.436. The van der Waals surface area contributed by atoms with Gasteiger partial charge in [0.05, 0.1) is 31.0 Å². The highest BCUT2D eigenvalue weighted by Crippen LogP contribution is 2.76. The van der Waals surface area contributed by atoms with Gasteiger partial charge in [-0.25, -0.2) is 0 Å². The quantitative estimate of drug-likeness (QED) is 0.156. The third-order valence-corrected chi connectivity index (χ3v) is 14.7. The van der Waals surface area contributed by atoms with Crippen LogP contribution in [0.25, 0.3) is 0 Å². The first-order chi connectivity index (χ1) is 20.9. The fourth-order valence-corrected chi connectivity index (χ4v) is 11.9. The molecular formula is C36H62O9. The zero-order valence-corrected chi connectivity index (χ0v) is 28.7. The number of ether oxygens (including phenoxy) is 2. The van der Waals surface area contributed by atoms with Crippen LogP contribution in [-0.2, 0) is 9.47 Å². The number of fused-ring (bicyclic) bond motifs is 5. The Labute approximate surface area is 270 Å². The third kappa shape index (κ3) is 5.58. The summed E-state index contributed by atoms with van der Waals surface area (Å²) in [5, 5.41) is 74.2. The maximum Gasteiger partial charge on any atom is 0.186 e. The highest BCUT2D eigenvalue weighted by molar-refractivity contribution is 5.20. The molecule has 1 heterocycles. The Hall–Kier alpha value is -0.620. The molecule has 260 valence electrons. The van der Waals surface area contributed by atoms with Crippen LogP contribution in [0.5, 0.6) is 0 Å². The van der Waals surface area contributed by atoms with Crippen molar-refractivity contribution in [3.63, 3.8) is 0 Å². The highest BCUT2D eigenvalue weighted by Gasteiger charge is 2.71. The van der Waals surface area contributed by atoms with Crippen LogP contribution in [0, 0.1) is 45.3 Å². The molecule has 4 saturated carbocycles. The molecule has 9 heteroatoms. The second-order valence-corrected chi connectivity index (χ2v) is 17.2. The fourth-order valence-electron chi connectivity index (χ4n) is 11.9. The Morgan fingerprint density at radius 3 is 2.20 bits per heavy atom. The largest absolute Gasteiger partial charge is 0.394 e. The van der Waals surface area contributed by atoms with Gasteiger partial charge in [-0.05, 0) is 117 Å². The predicted octanol–water partition coefficient (Wildman–Crippen LogP) is 3.30. The van der Waals surface area contributed by atoms with Crippen molar-refractivity contribution in [1.29, 1.82) is 0 Å². The molecule has 5 rings (SSSR count). The lowest BCUT2D eigenvalue weighted by Gasteiger charge is -2.70. The van der Waals surface area contributed by atoms with Crippen molar-refractivity contribution in [1.82, 2.24) is 0 Å². The molecule has 0 amide bonds. The monoisotopic (exact) mass is 638 g/mol. The van der Waals surface area contributed by atoms with Gasteiger partial charge in [0.15, 0.2) is 6.29 Å². The van der Waals surface area contributed by atoms with E-state index in [4.69, 9.17) is 9.47 Å². The molecule has 0 aromatic carbocycles. The average Bonchev–Trinajstić information content (AvgIpc) is 3.36. The molecular weight excluding hydrogens is 576 g/mol. The van der Waals surface area contributed by atoms with E-state index in [2.05, 4.69) is 34.6 Å². The molecule has 5 aliphatic rings. The van der Waals surface area contributed by atoms with E-state index in [-0.39, 0.29) is 46.2 Å². The molecule has 0 aromatic rings. The standard InChI is InChI=1S/C36H62O9/c1-20(18-37)9-8-13-36(7,43)21-10-15-35(6)27(21)22(39)17-25-33(4)14-12-26(32(2,3)24(33)11-16-34(25,35)5)45-31-30(42)29(41)28(40)23(19-38)44-31/h9,21-31,37-43H,8,10-19H2,1-7H3/b20-9-/t21-,22+,23+,24-,25+,26-,27-,28+,29-,30+,31-,33-,34+,35+,36-/m0/s1. The summed E-state index contributed by atoms with van der Waals surface area (Å²) in [6.07, 6.45) is 2.38. The van der Waals surface area contributed by atoms with Crippen LogP contribution in [0.15, 0.2) is 11.6 Å². The first kappa shape index (κ1) is 35.7. The van der Waals surface area contributed by atoms with Crippen LogP contribution in [0.4, 0.5) is 0 Å². The molecule has 5 fully saturated rings. The summed E-state index contributed by atoms with van der Waals surface area (Å²) in [6.45, 7) is 15.1. The van der Waals surface area contributed by atoms with E-state index < -0.39 is 49.0 Å². The van der Waals surface area contributed by atoms with E-state index in [1.54, 1.807) is 0 Å². The number of aliphatic hydroxyl groups is 7. The van der Waals surface area contributed by atoms with Gasteiger partial charge >= 0.3 is 0 Å². The molecule has 1 aliphatic heterocycles. The average molecular weight is 639 g/mol. The van der Waals surface area contributed by atoms with E-state index in [1.165, 1.54) is 0 Å². The van der Waals surface area contributed by atoms with Crippen LogP contribution in [-0.4, -0.2) is 97.5 Å². The van der Waals surface area contributed by atoms with Crippen LogP contribution in [0.2, 0.25) is 0 Å². The molecule has 9 nitrogen and oxygen atoms in total. The Kier molecular flexibility index (Phi) is 9.80. The molecule has 0 unspecified atom stereocenters. The lowest BCUT2D eigenvalue weighted by Crippen LogP contribution is -2.67. The second kappa shape index (κ2) is 12.4. The molecule has 1 saturated heterocycles. The lowest BCUT2D eigenvalue weighted by molar-refractivity contribution is -0.332. The summed E-state index contributed by atoms with van der Waals surface area (Å²) in [4.78, 5) is 0. The van der Waals surface area contributed by atoms with Crippen molar-refractivity contribution in [2.45, 2.75) is 155 Å². The Bertz CT molecular complexity index is 1090. The van der Waals surface area contributed by atoms with Gasteiger partial charge in [-0.1, -0.05) is 46.3 Å². The Morgan fingerprint density at radius 1 is 0.889 bits per heavy atom. The van der Waals surface area contributed by atoms with E-state index in [9.17, 15) is 35.7 Å². The summed E-state index contributed by atoms with van der Waals surface area (Å²) in [7, 11) is 0. The van der Waals surface area contributed by atoms with Gasteiger partial charge in [0.2, 0.25) is 0 Å². The van der Waals surface area contributed by atoms with Gasteiger partial charge in [0.1, 0.15) is 24.4 Å². The van der Waals surface area contributed by atoms with Gasteiger partial charge in [0, 0.05) is 0 Å². The topological polar surface area (TPSA) is 160 Å². The maximum atomic E-state index is 12.0. The van der Waals surface area contributed by atoms with Crippen molar-refractivity contribution in [3.8, 4) is 0 Å². The molecule has 7 N–H and O–H groups in total. The first-order valence-electron chi connectivity index (χ1n) is 17.5. The van der Waals surface area contributed by atoms with Gasteiger partial charge < -0.3 is 45.2 Å². The fraction of sp³-hybridized carbons (Fsp3) is 0.944. The lowest BCUT2D eigenvalue weighted by atomic mass is 9.35.